The average molecular weight is 199 g/mol. The highest BCUT2D eigenvalue weighted by Crippen LogP contribution is 2.19. The number of pyridine rings is 1. The van der Waals surface area contributed by atoms with Crippen molar-refractivity contribution in [3.8, 4) is 0 Å². The summed E-state index contributed by atoms with van der Waals surface area (Å²) in [6.07, 6.45) is 3.05. The third-order valence-electron chi connectivity index (χ3n) is 2.23. The van der Waals surface area contributed by atoms with Crippen molar-refractivity contribution in [1.82, 2.24) is 4.98 Å². The Balaban J connectivity index is 2.78. The van der Waals surface area contributed by atoms with Gasteiger partial charge in [-0.3, -0.25) is 4.98 Å². The highest BCUT2D eigenvalue weighted by Gasteiger charge is 2.05. The first-order valence-electron chi connectivity index (χ1n) is 4.47. The minimum Gasteiger partial charge on any atom is -0.478 e. The molecular formula is C12H9NO2. The van der Waals surface area contributed by atoms with E-state index in [1.807, 2.05) is 18.2 Å². The molecule has 15 heavy (non-hydrogen) atoms. The lowest BCUT2D eigenvalue weighted by Crippen LogP contribution is -1.97. The predicted molar refractivity (Wildman–Crippen MR) is 58.8 cm³/mol. The van der Waals surface area contributed by atoms with Crippen LogP contribution in [0.5, 0.6) is 0 Å². The molecule has 1 heterocycles. The summed E-state index contributed by atoms with van der Waals surface area (Å²) in [5.41, 5.74) is 1.86. The van der Waals surface area contributed by atoms with Gasteiger partial charge in [-0.25, -0.2) is 4.79 Å². The van der Waals surface area contributed by atoms with Gasteiger partial charge in [-0.1, -0.05) is 24.8 Å². The van der Waals surface area contributed by atoms with Crippen LogP contribution in [0.4, 0.5) is 0 Å². The summed E-state index contributed by atoms with van der Waals surface area (Å²) >= 11 is 0. The van der Waals surface area contributed by atoms with Crippen molar-refractivity contribution in [3.63, 3.8) is 0 Å². The van der Waals surface area contributed by atoms with Gasteiger partial charge in [0, 0.05) is 11.6 Å². The molecule has 2 aromatic rings. The first-order valence-corrected chi connectivity index (χ1v) is 4.47. The van der Waals surface area contributed by atoms with E-state index < -0.39 is 5.97 Å². The van der Waals surface area contributed by atoms with E-state index in [1.165, 1.54) is 6.20 Å². The van der Waals surface area contributed by atoms with Crippen molar-refractivity contribution in [1.29, 1.82) is 0 Å². The second kappa shape index (κ2) is 3.53. The maximum Gasteiger partial charge on any atom is 0.337 e. The van der Waals surface area contributed by atoms with Gasteiger partial charge >= 0.3 is 5.97 Å². The number of aromatic nitrogens is 1. The first kappa shape index (κ1) is 9.40. The topological polar surface area (TPSA) is 50.2 Å². The minimum absolute atomic E-state index is 0.191. The number of nitrogens with zero attached hydrogens (tertiary/aromatic N) is 1. The molecule has 0 radical (unpaired) electrons. The number of rotatable bonds is 2. The average Bonchev–Trinajstić information content (AvgIpc) is 2.27. The Hall–Kier alpha value is -2.16. The van der Waals surface area contributed by atoms with Crippen LogP contribution in [0.15, 0.2) is 37.0 Å². The van der Waals surface area contributed by atoms with Gasteiger partial charge in [-0.15, -0.1) is 0 Å². The van der Waals surface area contributed by atoms with Gasteiger partial charge in [0.1, 0.15) is 0 Å². The van der Waals surface area contributed by atoms with Crippen LogP contribution in [0.25, 0.3) is 17.0 Å². The zero-order chi connectivity index (χ0) is 10.8. The van der Waals surface area contributed by atoms with E-state index in [9.17, 15) is 4.79 Å². The van der Waals surface area contributed by atoms with Crippen LogP contribution in [-0.2, 0) is 0 Å². The molecule has 0 amide bonds. The van der Waals surface area contributed by atoms with Crippen LogP contribution >= 0.6 is 0 Å². The molecule has 0 aliphatic heterocycles. The lowest BCUT2D eigenvalue weighted by atomic mass is 10.1. The Bertz CT molecular complexity index is 546. The third kappa shape index (κ3) is 1.59. The molecule has 74 valence electrons. The Morgan fingerprint density at radius 3 is 2.93 bits per heavy atom. The fourth-order valence-electron chi connectivity index (χ4n) is 1.47. The fourth-order valence-corrected chi connectivity index (χ4v) is 1.47. The largest absolute Gasteiger partial charge is 0.478 e. The fraction of sp³-hybridized carbons (Fsp3) is 0. The van der Waals surface area contributed by atoms with Gasteiger partial charge in [0.05, 0.1) is 11.1 Å². The Labute approximate surface area is 86.7 Å². The third-order valence-corrected chi connectivity index (χ3v) is 2.23. The normalized spacial score (nSPS) is 10.1. The highest BCUT2D eigenvalue weighted by atomic mass is 16.4. The highest BCUT2D eigenvalue weighted by molar-refractivity contribution is 5.95. The van der Waals surface area contributed by atoms with Gasteiger partial charge in [0.15, 0.2) is 0 Å². The van der Waals surface area contributed by atoms with Gasteiger partial charge in [0.2, 0.25) is 0 Å². The van der Waals surface area contributed by atoms with Crippen LogP contribution < -0.4 is 0 Å². The number of fused-ring (bicyclic) bond motifs is 1. The van der Waals surface area contributed by atoms with Crippen molar-refractivity contribution in [2.24, 2.45) is 0 Å². The van der Waals surface area contributed by atoms with Crippen molar-refractivity contribution in [3.05, 3.63) is 48.2 Å². The SMILES string of the molecule is C=Cc1cccc2ncc(C(=O)O)cc12. The summed E-state index contributed by atoms with van der Waals surface area (Å²) in [6, 6.07) is 7.20. The lowest BCUT2D eigenvalue weighted by molar-refractivity contribution is 0.0696. The van der Waals surface area contributed by atoms with Gasteiger partial charge in [-0.2, -0.15) is 0 Å². The summed E-state index contributed by atoms with van der Waals surface area (Å²) in [4.78, 5) is 14.9. The van der Waals surface area contributed by atoms with E-state index in [0.29, 0.717) is 0 Å². The molecule has 1 N–H and O–H groups in total. The summed E-state index contributed by atoms with van der Waals surface area (Å²) in [5, 5.41) is 9.65. The van der Waals surface area contributed by atoms with Crippen LogP contribution in [0.2, 0.25) is 0 Å². The molecule has 1 aromatic carbocycles. The molecule has 0 bridgehead atoms. The van der Waals surface area contributed by atoms with E-state index in [0.717, 1.165) is 16.5 Å². The standard InChI is InChI=1S/C12H9NO2/c1-2-8-4-3-5-11-10(8)6-9(7-13-11)12(14)15/h2-7H,1H2,(H,14,15). The maximum absolute atomic E-state index is 10.8. The second-order valence-electron chi connectivity index (χ2n) is 3.15. The molecule has 0 unspecified atom stereocenters. The maximum atomic E-state index is 10.8. The molecule has 3 nitrogen and oxygen atoms in total. The quantitative estimate of drug-likeness (QED) is 0.808. The predicted octanol–water partition coefficient (Wildman–Crippen LogP) is 2.58. The van der Waals surface area contributed by atoms with Crippen molar-refractivity contribution >= 4 is 22.9 Å². The molecule has 0 aliphatic rings. The zero-order valence-electron chi connectivity index (χ0n) is 7.97. The van der Waals surface area contributed by atoms with Crippen molar-refractivity contribution < 1.29 is 9.90 Å². The second-order valence-corrected chi connectivity index (χ2v) is 3.15. The molecular weight excluding hydrogens is 190 g/mol. The summed E-state index contributed by atoms with van der Waals surface area (Å²) in [7, 11) is 0. The summed E-state index contributed by atoms with van der Waals surface area (Å²) in [5.74, 6) is -0.969. The summed E-state index contributed by atoms with van der Waals surface area (Å²) in [6.45, 7) is 3.68. The van der Waals surface area contributed by atoms with Gasteiger partial charge in [-0.05, 0) is 17.7 Å². The molecule has 3 heteroatoms. The Morgan fingerprint density at radius 2 is 2.27 bits per heavy atom. The monoisotopic (exact) mass is 199 g/mol. The van der Waals surface area contributed by atoms with E-state index in [2.05, 4.69) is 11.6 Å². The molecule has 0 saturated heterocycles. The van der Waals surface area contributed by atoms with Crippen LogP contribution in [-0.4, -0.2) is 16.1 Å². The molecule has 0 fully saturated rings. The number of aromatic carboxylic acids is 1. The van der Waals surface area contributed by atoms with Gasteiger partial charge in [0.25, 0.3) is 0 Å². The molecule has 2 rings (SSSR count). The zero-order valence-corrected chi connectivity index (χ0v) is 7.97. The first-order chi connectivity index (χ1) is 7.22. The molecule has 0 aliphatic carbocycles. The van der Waals surface area contributed by atoms with Crippen molar-refractivity contribution in [2.45, 2.75) is 0 Å². The Morgan fingerprint density at radius 1 is 1.47 bits per heavy atom. The van der Waals surface area contributed by atoms with Crippen LogP contribution in [0.3, 0.4) is 0 Å². The molecule has 0 spiro atoms. The molecule has 0 saturated carbocycles. The molecule has 0 atom stereocenters. The number of benzene rings is 1. The van der Waals surface area contributed by atoms with E-state index in [4.69, 9.17) is 5.11 Å². The van der Waals surface area contributed by atoms with Crippen molar-refractivity contribution in [2.75, 3.05) is 0 Å². The van der Waals surface area contributed by atoms with E-state index in [1.54, 1.807) is 12.1 Å². The lowest BCUT2D eigenvalue weighted by Gasteiger charge is -2.02. The van der Waals surface area contributed by atoms with E-state index in [-0.39, 0.29) is 5.56 Å². The number of carboxylic acids is 1. The number of carbonyl (C=O) groups is 1. The number of carboxylic acid groups (broad SMARTS) is 1. The Kier molecular flexibility index (Phi) is 2.21. The van der Waals surface area contributed by atoms with E-state index >= 15 is 0 Å². The van der Waals surface area contributed by atoms with Crippen LogP contribution in [0.1, 0.15) is 15.9 Å². The minimum atomic E-state index is -0.969. The number of hydrogen-bond donors (Lipinski definition) is 1. The van der Waals surface area contributed by atoms with Gasteiger partial charge < -0.3 is 5.11 Å². The number of hydrogen-bond acceptors (Lipinski definition) is 2. The molecule has 1 aromatic heterocycles. The summed E-state index contributed by atoms with van der Waals surface area (Å²) < 4.78 is 0. The van der Waals surface area contributed by atoms with Crippen LogP contribution in [0, 0.1) is 0 Å². The smallest absolute Gasteiger partial charge is 0.337 e.